The molecule has 0 aliphatic carbocycles. The number of amides is 1. The normalized spacial score (nSPS) is 11.0. The topological polar surface area (TPSA) is 81.3 Å². The molecule has 0 saturated heterocycles. The fourth-order valence-corrected chi connectivity index (χ4v) is 2.70. The van der Waals surface area contributed by atoms with Crippen LogP contribution >= 0.6 is 0 Å². The van der Waals surface area contributed by atoms with Gasteiger partial charge in [0.25, 0.3) is 5.91 Å². The summed E-state index contributed by atoms with van der Waals surface area (Å²) < 4.78 is 1.91. The quantitative estimate of drug-likeness (QED) is 0.406. The maximum Gasteiger partial charge on any atom is 0.266 e. The molecule has 2 N–H and O–H groups in total. The van der Waals surface area contributed by atoms with E-state index in [2.05, 4.69) is 5.32 Å². The van der Waals surface area contributed by atoms with E-state index in [0.29, 0.717) is 5.69 Å². The molecule has 0 aliphatic rings. The Bertz CT molecular complexity index is 1040. The van der Waals surface area contributed by atoms with Crippen LogP contribution in [0.15, 0.2) is 72.4 Å². The number of nitriles is 1. The number of aromatic hydroxyl groups is 1. The zero-order chi connectivity index (χ0) is 20.1. The van der Waals surface area contributed by atoms with Crippen molar-refractivity contribution in [2.24, 2.45) is 0 Å². The van der Waals surface area contributed by atoms with Gasteiger partial charge in [0.05, 0.1) is 0 Å². The molecule has 1 heterocycles. The first kappa shape index (κ1) is 18.8. The van der Waals surface area contributed by atoms with Gasteiger partial charge in [0.15, 0.2) is 0 Å². The van der Waals surface area contributed by atoms with Crippen LogP contribution in [0.3, 0.4) is 0 Å². The van der Waals surface area contributed by atoms with E-state index in [4.69, 9.17) is 0 Å². The minimum absolute atomic E-state index is 0.0158. The van der Waals surface area contributed by atoms with Gasteiger partial charge in [-0.1, -0.05) is 0 Å². The molecule has 140 valence electrons. The Morgan fingerprint density at radius 3 is 2.39 bits per heavy atom. The average Bonchev–Trinajstić information content (AvgIpc) is 3.16. The highest BCUT2D eigenvalue weighted by atomic mass is 16.3. The van der Waals surface area contributed by atoms with Crippen molar-refractivity contribution in [3.63, 3.8) is 0 Å². The first-order valence-electron chi connectivity index (χ1n) is 8.65. The molecule has 0 bridgehead atoms. The summed E-state index contributed by atoms with van der Waals surface area (Å²) in [7, 11) is 3.95. The molecule has 1 aromatic heterocycles. The van der Waals surface area contributed by atoms with E-state index < -0.39 is 5.91 Å². The molecule has 28 heavy (non-hydrogen) atoms. The van der Waals surface area contributed by atoms with Crippen molar-refractivity contribution < 1.29 is 9.90 Å². The molecule has 6 heteroatoms. The lowest BCUT2D eigenvalue weighted by Crippen LogP contribution is -2.13. The second-order valence-electron chi connectivity index (χ2n) is 6.38. The number of rotatable bonds is 5. The van der Waals surface area contributed by atoms with Crippen LogP contribution in [0.2, 0.25) is 0 Å². The van der Waals surface area contributed by atoms with Crippen molar-refractivity contribution in [3.8, 4) is 17.5 Å². The van der Waals surface area contributed by atoms with E-state index in [1.807, 2.05) is 72.2 Å². The van der Waals surface area contributed by atoms with E-state index in [-0.39, 0.29) is 11.3 Å². The fourth-order valence-electron chi connectivity index (χ4n) is 2.70. The second kappa shape index (κ2) is 8.14. The van der Waals surface area contributed by atoms with E-state index >= 15 is 0 Å². The van der Waals surface area contributed by atoms with Crippen LogP contribution in [0, 0.1) is 11.3 Å². The largest absolute Gasteiger partial charge is 0.508 e. The molecule has 0 unspecified atom stereocenters. The van der Waals surface area contributed by atoms with Crippen molar-refractivity contribution in [1.29, 1.82) is 5.26 Å². The number of hydrogen-bond acceptors (Lipinski definition) is 4. The predicted molar refractivity (Wildman–Crippen MR) is 110 cm³/mol. The van der Waals surface area contributed by atoms with Gasteiger partial charge in [0, 0.05) is 43.0 Å². The Hall–Kier alpha value is -3.98. The maximum atomic E-state index is 12.4. The number of carbonyl (C=O) groups is 1. The standard InChI is InChI=1S/C22H20N4O2/c1-25(2)18-7-9-19(10-8-18)26-13-3-4-20(26)14-16(15-23)22(28)24-17-5-11-21(27)12-6-17/h3-14,27H,1-2H3,(H,24,28)/b16-14-. The minimum Gasteiger partial charge on any atom is -0.508 e. The Balaban J connectivity index is 1.85. The van der Waals surface area contributed by atoms with Crippen LogP contribution < -0.4 is 10.2 Å². The van der Waals surface area contributed by atoms with Gasteiger partial charge in [0.1, 0.15) is 17.4 Å². The third kappa shape index (κ3) is 4.22. The molecule has 0 saturated carbocycles. The van der Waals surface area contributed by atoms with Crippen molar-refractivity contribution in [2.75, 3.05) is 24.3 Å². The van der Waals surface area contributed by atoms with Gasteiger partial charge in [-0.05, 0) is 66.7 Å². The summed E-state index contributed by atoms with van der Waals surface area (Å²) >= 11 is 0. The highest BCUT2D eigenvalue weighted by Crippen LogP contribution is 2.20. The smallest absolute Gasteiger partial charge is 0.266 e. The van der Waals surface area contributed by atoms with E-state index in [9.17, 15) is 15.2 Å². The summed E-state index contributed by atoms with van der Waals surface area (Å²) in [5, 5.41) is 21.4. The number of phenolic OH excluding ortho intramolecular Hbond substituents is 1. The maximum absolute atomic E-state index is 12.4. The summed E-state index contributed by atoms with van der Waals surface area (Å²) in [6.07, 6.45) is 3.43. The molecule has 0 radical (unpaired) electrons. The monoisotopic (exact) mass is 372 g/mol. The Labute approximate surface area is 163 Å². The Morgan fingerprint density at radius 1 is 1.11 bits per heavy atom. The van der Waals surface area contributed by atoms with Crippen molar-refractivity contribution in [3.05, 3.63) is 78.1 Å². The lowest BCUT2D eigenvalue weighted by atomic mass is 10.2. The van der Waals surface area contributed by atoms with Gasteiger partial charge in [-0.2, -0.15) is 5.26 Å². The highest BCUT2D eigenvalue weighted by molar-refractivity contribution is 6.09. The van der Waals surface area contributed by atoms with Gasteiger partial charge < -0.3 is 19.9 Å². The van der Waals surface area contributed by atoms with Crippen molar-refractivity contribution in [1.82, 2.24) is 4.57 Å². The first-order valence-corrected chi connectivity index (χ1v) is 8.65. The molecular formula is C22H20N4O2. The van der Waals surface area contributed by atoms with Crippen molar-refractivity contribution in [2.45, 2.75) is 0 Å². The van der Waals surface area contributed by atoms with E-state index in [0.717, 1.165) is 17.1 Å². The SMILES string of the molecule is CN(C)c1ccc(-n2cccc2/C=C(/C#N)C(=O)Nc2ccc(O)cc2)cc1. The summed E-state index contributed by atoms with van der Waals surface area (Å²) in [6, 6.07) is 19.7. The van der Waals surface area contributed by atoms with Gasteiger partial charge in [-0.15, -0.1) is 0 Å². The number of hydrogen-bond donors (Lipinski definition) is 2. The third-order valence-electron chi connectivity index (χ3n) is 4.21. The third-order valence-corrected chi connectivity index (χ3v) is 4.21. The molecule has 6 nitrogen and oxygen atoms in total. The Kier molecular flexibility index (Phi) is 5.47. The van der Waals surface area contributed by atoms with Gasteiger partial charge in [0.2, 0.25) is 0 Å². The molecule has 0 atom stereocenters. The zero-order valence-electron chi connectivity index (χ0n) is 15.6. The number of nitrogens with one attached hydrogen (secondary N) is 1. The van der Waals surface area contributed by atoms with Crippen LogP contribution in [-0.4, -0.2) is 29.7 Å². The molecule has 0 fully saturated rings. The van der Waals surface area contributed by atoms with Crippen LogP contribution in [0.4, 0.5) is 11.4 Å². The number of carbonyl (C=O) groups excluding carboxylic acids is 1. The lowest BCUT2D eigenvalue weighted by molar-refractivity contribution is -0.112. The molecule has 1 amide bonds. The molecular weight excluding hydrogens is 352 g/mol. The van der Waals surface area contributed by atoms with Crippen LogP contribution in [0.1, 0.15) is 5.69 Å². The van der Waals surface area contributed by atoms with Crippen LogP contribution in [0.25, 0.3) is 11.8 Å². The second-order valence-corrected chi connectivity index (χ2v) is 6.38. The van der Waals surface area contributed by atoms with Crippen molar-refractivity contribution >= 4 is 23.4 Å². The number of benzene rings is 2. The lowest BCUT2D eigenvalue weighted by Gasteiger charge is -2.14. The number of anilines is 2. The summed E-state index contributed by atoms with van der Waals surface area (Å²) in [5.74, 6) is -0.406. The molecule has 0 aliphatic heterocycles. The first-order chi connectivity index (χ1) is 13.5. The van der Waals surface area contributed by atoms with E-state index in [1.54, 1.807) is 18.2 Å². The number of phenols is 1. The average molecular weight is 372 g/mol. The summed E-state index contributed by atoms with van der Waals surface area (Å²) in [4.78, 5) is 14.5. The minimum atomic E-state index is -0.510. The van der Waals surface area contributed by atoms with Gasteiger partial charge in [-0.3, -0.25) is 4.79 Å². The van der Waals surface area contributed by atoms with Crippen LogP contribution in [0.5, 0.6) is 5.75 Å². The molecule has 3 rings (SSSR count). The molecule has 0 spiro atoms. The van der Waals surface area contributed by atoms with Gasteiger partial charge in [-0.25, -0.2) is 0 Å². The zero-order valence-corrected chi connectivity index (χ0v) is 15.6. The fraction of sp³-hybridized carbons (Fsp3) is 0.0909. The van der Waals surface area contributed by atoms with E-state index in [1.165, 1.54) is 12.1 Å². The highest BCUT2D eigenvalue weighted by Gasteiger charge is 2.11. The summed E-state index contributed by atoms with van der Waals surface area (Å²) in [5.41, 5.74) is 3.21. The number of aromatic nitrogens is 1. The molecule has 2 aromatic carbocycles. The number of nitrogens with zero attached hydrogens (tertiary/aromatic N) is 3. The molecule has 3 aromatic rings. The summed E-state index contributed by atoms with van der Waals surface area (Å²) in [6.45, 7) is 0. The Morgan fingerprint density at radius 2 is 1.79 bits per heavy atom. The van der Waals surface area contributed by atoms with Crippen LogP contribution in [-0.2, 0) is 4.79 Å². The van der Waals surface area contributed by atoms with Gasteiger partial charge >= 0.3 is 0 Å². The predicted octanol–water partition coefficient (Wildman–Crippen LogP) is 3.79.